The molecule has 3 aromatic rings. The number of nitrogens with two attached hydrogens (primary N) is 1. The molecule has 2 heterocycles. The highest BCUT2D eigenvalue weighted by Gasteiger charge is 2.24. The molecule has 1 aliphatic carbocycles. The third-order valence-electron chi connectivity index (χ3n) is 5.52. The number of thiophene rings is 1. The number of halogens is 1. The first-order valence-corrected chi connectivity index (χ1v) is 11.2. The Morgan fingerprint density at radius 1 is 1.22 bits per heavy atom. The van der Waals surface area contributed by atoms with Gasteiger partial charge in [0.15, 0.2) is 0 Å². The highest BCUT2D eigenvalue weighted by Crippen LogP contribution is 2.37. The molecule has 8 nitrogen and oxygen atoms in total. The lowest BCUT2D eigenvalue weighted by molar-refractivity contribution is -0.120. The van der Waals surface area contributed by atoms with E-state index in [2.05, 4.69) is 20.6 Å². The first-order chi connectivity index (χ1) is 15.3. The van der Waals surface area contributed by atoms with E-state index in [1.165, 1.54) is 36.7 Å². The molecule has 10 heteroatoms. The Morgan fingerprint density at radius 3 is 2.66 bits per heavy atom. The molecule has 1 aliphatic rings. The second kappa shape index (κ2) is 9.07. The van der Waals surface area contributed by atoms with Crippen LogP contribution >= 0.6 is 11.3 Å². The molecule has 0 atom stereocenters. The topological polar surface area (TPSA) is 119 Å². The maximum atomic E-state index is 14.0. The first kappa shape index (κ1) is 21.9. The van der Waals surface area contributed by atoms with Crippen molar-refractivity contribution < 1.29 is 18.7 Å². The fourth-order valence-corrected chi connectivity index (χ4v) is 5.02. The maximum absolute atomic E-state index is 14.0. The summed E-state index contributed by atoms with van der Waals surface area (Å²) in [6.45, 7) is 3.31. The van der Waals surface area contributed by atoms with Crippen LogP contribution in [-0.4, -0.2) is 33.9 Å². The number of rotatable bonds is 6. The minimum absolute atomic E-state index is 0.0367. The van der Waals surface area contributed by atoms with Crippen molar-refractivity contribution in [3.8, 4) is 5.75 Å². The summed E-state index contributed by atoms with van der Waals surface area (Å²) in [5.74, 6) is -0.0969. The van der Waals surface area contributed by atoms with Crippen LogP contribution in [0, 0.1) is 12.7 Å². The van der Waals surface area contributed by atoms with Crippen molar-refractivity contribution in [3.63, 3.8) is 0 Å². The Bertz CT molecular complexity index is 1170. The van der Waals surface area contributed by atoms with Crippen LogP contribution in [0.3, 0.4) is 0 Å². The smallest absolute Gasteiger partial charge is 0.259 e. The van der Waals surface area contributed by atoms with Crippen LogP contribution in [-0.2, 0) is 4.79 Å². The first-order valence-electron chi connectivity index (χ1n) is 10.4. The van der Waals surface area contributed by atoms with Gasteiger partial charge in [0.2, 0.25) is 5.91 Å². The fourth-order valence-electron chi connectivity index (χ4n) is 4.02. The highest BCUT2D eigenvalue weighted by atomic mass is 32.1. The molecule has 0 bridgehead atoms. The summed E-state index contributed by atoms with van der Waals surface area (Å²) >= 11 is 1.21. The van der Waals surface area contributed by atoms with Crippen molar-refractivity contribution in [1.82, 2.24) is 15.3 Å². The van der Waals surface area contributed by atoms with Gasteiger partial charge in [0, 0.05) is 19.0 Å². The van der Waals surface area contributed by atoms with E-state index in [9.17, 15) is 14.0 Å². The minimum Gasteiger partial charge on any atom is -0.488 e. The van der Waals surface area contributed by atoms with E-state index in [1.807, 2.05) is 0 Å². The second-order valence-electron chi connectivity index (χ2n) is 7.88. The van der Waals surface area contributed by atoms with Crippen LogP contribution in [0.2, 0.25) is 0 Å². The predicted molar refractivity (Wildman–Crippen MR) is 121 cm³/mol. The number of benzene rings is 1. The standard InChI is InChI=1S/C22H24FN5O3S/c1-11-18-21(25-10-26-22(18)32-19(11)20(24)30)28-16-8-3-13(23)9-17(16)31-15-6-4-14(5-7-15)27-12(2)29/h3,8-10,14-15H,4-7H2,1-2H3,(H2,24,30)(H,27,29)(H,25,26,28). The summed E-state index contributed by atoms with van der Waals surface area (Å²) in [5.41, 5.74) is 6.73. The number of anilines is 2. The summed E-state index contributed by atoms with van der Waals surface area (Å²) in [4.78, 5) is 32.6. The molecule has 0 saturated heterocycles. The van der Waals surface area contributed by atoms with E-state index in [0.717, 1.165) is 25.7 Å². The second-order valence-corrected chi connectivity index (χ2v) is 8.88. The molecule has 1 saturated carbocycles. The van der Waals surface area contributed by atoms with Crippen molar-refractivity contribution in [3.05, 3.63) is 40.8 Å². The summed E-state index contributed by atoms with van der Waals surface area (Å²) in [5, 5.41) is 6.85. The van der Waals surface area contributed by atoms with E-state index in [4.69, 9.17) is 10.5 Å². The molecule has 4 N–H and O–H groups in total. The Balaban J connectivity index is 1.57. The van der Waals surface area contributed by atoms with Crippen LogP contribution in [0.4, 0.5) is 15.9 Å². The zero-order valence-electron chi connectivity index (χ0n) is 17.8. The van der Waals surface area contributed by atoms with Gasteiger partial charge in [-0.2, -0.15) is 0 Å². The number of aromatic nitrogens is 2. The molecule has 168 valence electrons. The molecule has 0 unspecified atom stereocenters. The zero-order chi connectivity index (χ0) is 22.8. The predicted octanol–water partition coefficient (Wildman–Crippen LogP) is 3.81. The molecule has 1 fully saturated rings. The van der Waals surface area contributed by atoms with Crippen LogP contribution in [0.25, 0.3) is 10.2 Å². The number of carbonyl (C=O) groups excluding carboxylic acids is 2. The summed E-state index contributed by atoms with van der Waals surface area (Å²) < 4.78 is 20.2. The summed E-state index contributed by atoms with van der Waals surface area (Å²) in [7, 11) is 0. The van der Waals surface area contributed by atoms with Crippen LogP contribution in [0.1, 0.15) is 47.8 Å². The number of carbonyl (C=O) groups is 2. The van der Waals surface area contributed by atoms with Crippen molar-refractivity contribution in [1.29, 1.82) is 0 Å². The SMILES string of the molecule is CC(=O)NC1CCC(Oc2cc(F)ccc2Nc2ncnc3sc(C(N)=O)c(C)c23)CC1. The van der Waals surface area contributed by atoms with E-state index < -0.39 is 11.7 Å². The monoisotopic (exact) mass is 457 g/mol. The van der Waals surface area contributed by atoms with Gasteiger partial charge in [-0.3, -0.25) is 9.59 Å². The molecule has 2 amide bonds. The van der Waals surface area contributed by atoms with Crippen molar-refractivity contribution in [2.75, 3.05) is 5.32 Å². The molecule has 32 heavy (non-hydrogen) atoms. The largest absolute Gasteiger partial charge is 0.488 e. The maximum Gasteiger partial charge on any atom is 0.259 e. The normalized spacial score (nSPS) is 18.3. The fraction of sp³-hybridized carbons (Fsp3) is 0.364. The molecule has 0 aliphatic heterocycles. The van der Waals surface area contributed by atoms with Gasteiger partial charge in [0.05, 0.1) is 22.1 Å². The van der Waals surface area contributed by atoms with Gasteiger partial charge in [-0.1, -0.05) is 0 Å². The van der Waals surface area contributed by atoms with Gasteiger partial charge in [-0.05, 0) is 50.3 Å². The number of nitrogens with zero attached hydrogens (tertiary/aromatic N) is 2. The van der Waals surface area contributed by atoms with E-state index in [0.29, 0.717) is 37.9 Å². The number of nitrogens with one attached hydrogen (secondary N) is 2. The number of fused-ring (bicyclic) bond motifs is 1. The lowest BCUT2D eigenvalue weighted by atomic mass is 9.93. The average molecular weight is 458 g/mol. The summed E-state index contributed by atoms with van der Waals surface area (Å²) in [6, 6.07) is 4.43. The van der Waals surface area contributed by atoms with Crippen molar-refractivity contribution in [2.24, 2.45) is 5.73 Å². The quantitative estimate of drug-likeness (QED) is 0.518. The molecule has 4 rings (SSSR count). The van der Waals surface area contributed by atoms with Gasteiger partial charge in [-0.15, -0.1) is 11.3 Å². The lowest BCUT2D eigenvalue weighted by Gasteiger charge is -2.30. The third kappa shape index (κ3) is 4.64. The molecule has 1 aromatic carbocycles. The van der Waals surface area contributed by atoms with Crippen molar-refractivity contribution >= 4 is 44.9 Å². The Morgan fingerprint density at radius 2 is 1.97 bits per heavy atom. The van der Waals surface area contributed by atoms with Gasteiger partial charge in [-0.25, -0.2) is 14.4 Å². The highest BCUT2D eigenvalue weighted by molar-refractivity contribution is 7.20. The number of primary amides is 1. The van der Waals surface area contributed by atoms with E-state index in [-0.39, 0.29) is 18.1 Å². The number of ether oxygens (including phenoxy) is 1. The van der Waals surface area contributed by atoms with Gasteiger partial charge >= 0.3 is 0 Å². The third-order valence-corrected chi connectivity index (χ3v) is 6.74. The Kier molecular flexibility index (Phi) is 6.22. The van der Waals surface area contributed by atoms with Gasteiger partial charge in [0.1, 0.15) is 28.5 Å². The van der Waals surface area contributed by atoms with Gasteiger partial charge in [0.25, 0.3) is 5.91 Å². The minimum atomic E-state index is -0.517. The lowest BCUT2D eigenvalue weighted by Crippen LogP contribution is -2.38. The number of aryl methyl sites for hydroxylation is 1. The van der Waals surface area contributed by atoms with Crippen LogP contribution in [0.15, 0.2) is 24.5 Å². The number of hydrogen-bond donors (Lipinski definition) is 3. The Hall–Kier alpha value is -3.27. The molecular weight excluding hydrogens is 433 g/mol. The molecule has 0 spiro atoms. The van der Waals surface area contributed by atoms with E-state index in [1.54, 1.807) is 13.0 Å². The molecule has 0 radical (unpaired) electrons. The average Bonchev–Trinajstić information content (AvgIpc) is 3.09. The molecule has 2 aromatic heterocycles. The van der Waals surface area contributed by atoms with E-state index >= 15 is 0 Å². The Labute approximate surface area is 188 Å². The summed E-state index contributed by atoms with van der Waals surface area (Å²) in [6.07, 6.45) is 4.43. The van der Waals surface area contributed by atoms with Crippen molar-refractivity contribution in [2.45, 2.75) is 51.7 Å². The van der Waals surface area contributed by atoms with Crippen LogP contribution < -0.4 is 21.1 Å². The molecular formula is C22H24FN5O3S. The van der Waals surface area contributed by atoms with Crippen LogP contribution in [0.5, 0.6) is 5.75 Å². The van der Waals surface area contributed by atoms with Gasteiger partial charge < -0.3 is 21.1 Å². The zero-order valence-corrected chi connectivity index (χ0v) is 18.6. The number of amides is 2. The number of hydrogen-bond acceptors (Lipinski definition) is 7.